The van der Waals surface area contributed by atoms with E-state index in [9.17, 15) is 9.59 Å². The van der Waals surface area contributed by atoms with Crippen molar-refractivity contribution in [3.05, 3.63) is 0 Å². The average molecular weight is 253 g/mol. The van der Waals surface area contributed by atoms with Crippen LogP contribution in [-0.2, 0) is 4.79 Å². The molecule has 0 aromatic heterocycles. The number of piperidine rings is 3. The number of carboxylic acids is 1. The van der Waals surface area contributed by atoms with Gasteiger partial charge in [-0.3, -0.25) is 4.79 Å². The molecule has 2 bridgehead atoms. The summed E-state index contributed by atoms with van der Waals surface area (Å²) in [7, 11) is 0. The number of urea groups is 1. The van der Waals surface area contributed by atoms with Crippen LogP contribution in [0.3, 0.4) is 0 Å². The highest BCUT2D eigenvalue weighted by Gasteiger charge is 2.39. The lowest BCUT2D eigenvalue weighted by atomic mass is 9.84. The van der Waals surface area contributed by atoms with Gasteiger partial charge in [-0.2, -0.15) is 0 Å². The highest BCUT2D eigenvalue weighted by molar-refractivity contribution is 5.80. The Morgan fingerprint density at radius 2 is 1.78 bits per heavy atom. The van der Waals surface area contributed by atoms with Gasteiger partial charge in [-0.15, -0.1) is 0 Å². The minimum Gasteiger partial charge on any atom is -0.481 e. The zero-order valence-corrected chi connectivity index (χ0v) is 10.3. The average Bonchev–Trinajstić information content (AvgIpc) is 2.27. The highest BCUT2D eigenvalue weighted by Crippen LogP contribution is 2.28. The molecule has 0 radical (unpaired) electrons. The lowest BCUT2D eigenvalue weighted by Gasteiger charge is -2.46. The van der Waals surface area contributed by atoms with Crippen LogP contribution in [0.15, 0.2) is 0 Å². The molecule has 100 valence electrons. The summed E-state index contributed by atoms with van der Waals surface area (Å²) in [5.41, 5.74) is 0. The van der Waals surface area contributed by atoms with E-state index in [0.29, 0.717) is 19.0 Å². The first-order valence-corrected chi connectivity index (χ1v) is 6.64. The number of hydrogen-bond donors (Lipinski definition) is 2. The highest BCUT2D eigenvalue weighted by atomic mass is 16.4. The van der Waals surface area contributed by atoms with Gasteiger partial charge in [0.15, 0.2) is 0 Å². The molecule has 4 aliphatic rings. The number of aliphatic carboxylic acids is 1. The lowest BCUT2D eigenvalue weighted by Crippen LogP contribution is -2.62. The van der Waals surface area contributed by atoms with Crippen molar-refractivity contribution >= 4 is 12.0 Å². The first-order valence-electron chi connectivity index (χ1n) is 6.64. The van der Waals surface area contributed by atoms with Crippen LogP contribution in [0.2, 0.25) is 0 Å². The van der Waals surface area contributed by atoms with Gasteiger partial charge in [0.25, 0.3) is 0 Å². The summed E-state index contributed by atoms with van der Waals surface area (Å²) in [6, 6.07) is 0.162. The van der Waals surface area contributed by atoms with Crippen molar-refractivity contribution < 1.29 is 14.7 Å². The first-order chi connectivity index (χ1) is 8.63. The fourth-order valence-corrected chi connectivity index (χ4v) is 3.18. The van der Waals surface area contributed by atoms with Gasteiger partial charge < -0.3 is 20.2 Å². The number of carbonyl (C=O) groups is 2. The minimum atomic E-state index is -0.804. The molecule has 4 rings (SSSR count). The second kappa shape index (κ2) is 4.42. The van der Waals surface area contributed by atoms with E-state index in [1.165, 1.54) is 12.8 Å². The number of nitrogens with one attached hydrogen (secondary N) is 1. The molecule has 4 fully saturated rings. The molecule has 1 atom stereocenters. The molecule has 6 nitrogen and oxygen atoms in total. The van der Waals surface area contributed by atoms with Crippen molar-refractivity contribution in [2.75, 3.05) is 32.7 Å². The van der Waals surface area contributed by atoms with Crippen LogP contribution < -0.4 is 5.32 Å². The Bertz CT molecular complexity index is 360. The normalized spacial score (nSPS) is 35.1. The summed E-state index contributed by atoms with van der Waals surface area (Å²) in [6.45, 7) is 3.96. The van der Waals surface area contributed by atoms with Crippen LogP contribution in [0, 0.1) is 11.8 Å². The molecule has 0 aromatic carbocycles. The molecule has 4 aliphatic heterocycles. The molecule has 18 heavy (non-hydrogen) atoms. The second-order valence-electron chi connectivity index (χ2n) is 5.63. The van der Waals surface area contributed by atoms with Gasteiger partial charge in [0.2, 0.25) is 0 Å². The maximum atomic E-state index is 11.9. The maximum absolute atomic E-state index is 11.9. The number of fused-ring (bicyclic) bond motifs is 3. The Kier molecular flexibility index (Phi) is 2.89. The van der Waals surface area contributed by atoms with Crippen LogP contribution in [0.4, 0.5) is 4.79 Å². The Balaban J connectivity index is 1.49. The van der Waals surface area contributed by atoms with Crippen LogP contribution in [0.25, 0.3) is 0 Å². The van der Waals surface area contributed by atoms with E-state index in [-0.39, 0.29) is 18.0 Å². The van der Waals surface area contributed by atoms with Gasteiger partial charge >= 0.3 is 12.0 Å². The molecule has 2 amide bonds. The summed E-state index contributed by atoms with van der Waals surface area (Å²) in [4.78, 5) is 26.6. The fourth-order valence-electron chi connectivity index (χ4n) is 3.18. The first kappa shape index (κ1) is 11.8. The third-order valence-electron chi connectivity index (χ3n) is 4.48. The molecular formula is C12H19N3O3. The number of carbonyl (C=O) groups excluding carboxylic acids is 1. The van der Waals surface area contributed by atoms with Crippen molar-refractivity contribution in [3.8, 4) is 0 Å². The summed E-state index contributed by atoms with van der Waals surface area (Å²) >= 11 is 0. The predicted molar refractivity (Wildman–Crippen MR) is 64.2 cm³/mol. The van der Waals surface area contributed by atoms with Crippen molar-refractivity contribution in [2.45, 2.75) is 18.9 Å². The zero-order chi connectivity index (χ0) is 12.7. The topological polar surface area (TPSA) is 72.9 Å². The molecule has 4 saturated heterocycles. The van der Waals surface area contributed by atoms with Gasteiger partial charge in [-0.05, 0) is 31.8 Å². The number of amides is 2. The lowest BCUT2D eigenvalue weighted by molar-refractivity contribution is -0.146. The number of hydrogen-bond acceptors (Lipinski definition) is 3. The molecule has 1 unspecified atom stereocenters. The quantitative estimate of drug-likeness (QED) is 0.715. The van der Waals surface area contributed by atoms with Gasteiger partial charge in [0, 0.05) is 25.7 Å². The van der Waals surface area contributed by atoms with Gasteiger partial charge in [0.05, 0.1) is 5.92 Å². The number of rotatable bonds is 2. The summed E-state index contributed by atoms with van der Waals surface area (Å²) in [5.74, 6) is -0.570. The third kappa shape index (κ3) is 2.05. The van der Waals surface area contributed by atoms with E-state index >= 15 is 0 Å². The van der Waals surface area contributed by atoms with Gasteiger partial charge in [-0.25, -0.2) is 4.79 Å². The van der Waals surface area contributed by atoms with Crippen LogP contribution in [0.1, 0.15) is 12.8 Å². The summed E-state index contributed by atoms with van der Waals surface area (Å²) < 4.78 is 0. The van der Waals surface area contributed by atoms with Crippen molar-refractivity contribution in [1.82, 2.24) is 15.1 Å². The Morgan fingerprint density at radius 1 is 1.11 bits per heavy atom. The second-order valence-corrected chi connectivity index (χ2v) is 5.63. The number of nitrogens with zero attached hydrogens (tertiary/aromatic N) is 2. The Labute approximate surface area is 106 Å². The molecular weight excluding hydrogens is 234 g/mol. The summed E-state index contributed by atoms with van der Waals surface area (Å²) in [6.07, 6.45) is 2.34. The smallest absolute Gasteiger partial charge is 0.317 e. The van der Waals surface area contributed by atoms with Gasteiger partial charge in [0.1, 0.15) is 0 Å². The van der Waals surface area contributed by atoms with Crippen molar-refractivity contribution in [1.29, 1.82) is 0 Å². The standard InChI is InChI=1S/C12H19N3O3/c16-11(17)9-5-15(6-9)12(18)13-10-7-14-3-1-8(10)2-4-14/h8-10H,1-7H2,(H,13,18)(H,16,17). The van der Waals surface area contributed by atoms with E-state index in [1.54, 1.807) is 4.90 Å². The fraction of sp³-hybridized carbons (Fsp3) is 0.833. The number of carboxylic acid groups (broad SMARTS) is 1. The zero-order valence-electron chi connectivity index (χ0n) is 10.3. The molecule has 0 spiro atoms. The van der Waals surface area contributed by atoms with Gasteiger partial charge in [-0.1, -0.05) is 0 Å². The third-order valence-corrected chi connectivity index (χ3v) is 4.48. The van der Waals surface area contributed by atoms with E-state index in [0.717, 1.165) is 19.6 Å². The Morgan fingerprint density at radius 3 is 2.28 bits per heavy atom. The molecule has 4 heterocycles. The van der Waals surface area contributed by atoms with Crippen LogP contribution in [-0.4, -0.2) is 65.7 Å². The molecule has 0 saturated carbocycles. The summed E-state index contributed by atoms with van der Waals surface area (Å²) in [5, 5.41) is 11.8. The minimum absolute atomic E-state index is 0.0914. The van der Waals surface area contributed by atoms with Crippen LogP contribution in [0.5, 0.6) is 0 Å². The van der Waals surface area contributed by atoms with E-state index in [4.69, 9.17) is 5.11 Å². The Hall–Kier alpha value is -1.30. The molecule has 0 aromatic rings. The molecule has 0 aliphatic carbocycles. The predicted octanol–water partition coefficient (Wildman–Crippen LogP) is -0.193. The monoisotopic (exact) mass is 253 g/mol. The SMILES string of the molecule is O=C(O)C1CN(C(=O)NC2CN3CCC2CC3)C1. The number of likely N-dealkylation sites (tertiary alicyclic amines) is 1. The van der Waals surface area contributed by atoms with Crippen LogP contribution >= 0.6 is 0 Å². The van der Waals surface area contributed by atoms with E-state index < -0.39 is 5.97 Å². The van der Waals surface area contributed by atoms with E-state index in [2.05, 4.69) is 10.2 Å². The molecule has 6 heteroatoms. The van der Waals surface area contributed by atoms with Crippen molar-refractivity contribution in [3.63, 3.8) is 0 Å². The maximum Gasteiger partial charge on any atom is 0.317 e. The largest absolute Gasteiger partial charge is 0.481 e. The molecule has 2 N–H and O–H groups in total. The van der Waals surface area contributed by atoms with Crippen molar-refractivity contribution in [2.24, 2.45) is 11.8 Å². The van der Waals surface area contributed by atoms with E-state index in [1.807, 2.05) is 0 Å².